The molecule has 0 heterocycles. The van der Waals surface area contributed by atoms with E-state index in [1.165, 1.54) is 0 Å². The molecule has 1 unspecified atom stereocenters. The Labute approximate surface area is 116 Å². The van der Waals surface area contributed by atoms with E-state index in [-0.39, 0.29) is 0 Å². The molecule has 1 aromatic carbocycles. The van der Waals surface area contributed by atoms with E-state index in [0.717, 1.165) is 23.4 Å². The van der Waals surface area contributed by atoms with Crippen molar-refractivity contribution >= 4 is 0 Å². The topological polar surface area (TPSA) is 32.7 Å². The molecular formula is C16H25NO2. The van der Waals surface area contributed by atoms with E-state index in [1.54, 1.807) is 7.11 Å². The molecule has 1 N–H and O–H groups in total. The van der Waals surface area contributed by atoms with Gasteiger partial charge in [0.15, 0.2) is 0 Å². The third-order valence-electron chi connectivity index (χ3n) is 3.19. The molecule has 1 rings (SSSR count). The maximum absolute atomic E-state index is 10.9. The summed E-state index contributed by atoms with van der Waals surface area (Å²) in [4.78, 5) is 2.08. The quantitative estimate of drug-likeness (QED) is 0.768. The average Bonchev–Trinajstić information content (AvgIpc) is 2.36. The van der Waals surface area contributed by atoms with Crippen LogP contribution < -0.4 is 4.74 Å². The molecule has 0 aromatic heterocycles. The van der Waals surface area contributed by atoms with Crippen molar-refractivity contribution in [2.75, 3.05) is 27.7 Å². The van der Waals surface area contributed by atoms with Crippen LogP contribution in [0.4, 0.5) is 0 Å². The van der Waals surface area contributed by atoms with E-state index in [0.29, 0.717) is 12.8 Å². The smallest absolute Gasteiger partial charge is 0.118 e. The van der Waals surface area contributed by atoms with Crippen LogP contribution in [0.3, 0.4) is 0 Å². The highest BCUT2D eigenvalue weighted by molar-refractivity contribution is 5.31. The number of methoxy groups -OCH3 is 1. The lowest BCUT2D eigenvalue weighted by molar-refractivity contribution is 0.0214. The molecule has 106 valence electrons. The average molecular weight is 263 g/mol. The lowest BCUT2D eigenvalue weighted by Crippen LogP contribution is -2.30. The Balaban J connectivity index is 2.96. The highest BCUT2D eigenvalue weighted by Gasteiger charge is 2.29. The molecule has 0 aliphatic heterocycles. The van der Waals surface area contributed by atoms with E-state index in [4.69, 9.17) is 4.74 Å². The SMILES string of the molecule is C=C(C)CC(O)(CCN(C)C)c1ccc(OC)cc1. The zero-order chi connectivity index (χ0) is 14.5. The van der Waals surface area contributed by atoms with Crippen LogP contribution in [0.5, 0.6) is 5.75 Å². The van der Waals surface area contributed by atoms with Crippen molar-refractivity contribution in [1.29, 1.82) is 0 Å². The van der Waals surface area contributed by atoms with Gasteiger partial charge >= 0.3 is 0 Å². The van der Waals surface area contributed by atoms with Gasteiger partial charge in [-0.1, -0.05) is 17.7 Å². The van der Waals surface area contributed by atoms with E-state index in [9.17, 15) is 5.11 Å². The van der Waals surface area contributed by atoms with Gasteiger partial charge in [0.1, 0.15) is 5.75 Å². The summed E-state index contributed by atoms with van der Waals surface area (Å²) >= 11 is 0. The van der Waals surface area contributed by atoms with Gasteiger partial charge in [-0.3, -0.25) is 0 Å². The molecular weight excluding hydrogens is 238 g/mol. The minimum atomic E-state index is -0.859. The molecule has 0 saturated heterocycles. The Morgan fingerprint density at radius 1 is 1.32 bits per heavy atom. The molecule has 3 heteroatoms. The second-order valence-electron chi connectivity index (χ2n) is 5.45. The minimum absolute atomic E-state index is 0.577. The largest absolute Gasteiger partial charge is 0.497 e. The molecule has 0 aliphatic rings. The van der Waals surface area contributed by atoms with Gasteiger partial charge in [-0.2, -0.15) is 0 Å². The van der Waals surface area contributed by atoms with Crippen LogP contribution in [0.2, 0.25) is 0 Å². The minimum Gasteiger partial charge on any atom is -0.497 e. The molecule has 1 atom stereocenters. The molecule has 0 radical (unpaired) electrons. The van der Waals surface area contributed by atoms with Crippen LogP contribution in [0.1, 0.15) is 25.3 Å². The molecule has 0 amide bonds. The van der Waals surface area contributed by atoms with Gasteiger partial charge in [-0.05, 0) is 45.1 Å². The highest BCUT2D eigenvalue weighted by atomic mass is 16.5. The fourth-order valence-electron chi connectivity index (χ4n) is 2.14. The maximum Gasteiger partial charge on any atom is 0.118 e. The third kappa shape index (κ3) is 4.69. The van der Waals surface area contributed by atoms with Gasteiger partial charge in [0.05, 0.1) is 12.7 Å². The molecule has 0 bridgehead atoms. The van der Waals surface area contributed by atoms with Crippen molar-refractivity contribution in [3.8, 4) is 5.75 Å². The number of aliphatic hydroxyl groups is 1. The van der Waals surface area contributed by atoms with Crippen molar-refractivity contribution in [3.05, 3.63) is 42.0 Å². The summed E-state index contributed by atoms with van der Waals surface area (Å²) in [5.74, 6) is 0.800. The first-order valence-electron chi connectivity index (χ1n) is 6.53. The molecule has 0 aliphatic carbocycles. The molecule has 0 fully saturated rings. The van der Waals surface area contributed by atoms with E-state index >= 15 is 0 Å². The van der Waals surface area contributed by atoms with Gasteiger partial charge in [-0.25, -0.2) is 0 Å². The van der Waals surface area contributed by atoms with Crippen LogP contribution in [0.25, 0.3) is 0 Å². The number of hydrogen-bond acceptors (Lipinski definition) is 3. The van der Waals surface area contributed by atoms with Crippen LogP contribution in [-0.4, -0.2) is 37.8 Å². The fraction of sp³-hybridized carbons (Fsp3) is 0.500. The molecule has 0 saturated carbocycles. The first kappa shape index (κ1) is 15.7. The number of hydrogen-bond donors (Lipinski definition) is 1. The van der Waals surface area contributed by atoms with E-state index in [2.05, 4.69) is 11.5 Å². The van der Waals surface area contributed by atoms with Crippen molar-refractivity contribution in [3.63, 3.8) is 0 Å². The van der Waals surface area contributed by atoms with Crippen molar-refractivity contribution in [2.24, 2.45) is 0 Å². The van der Waals surface area contributed by atoms with Gasteiger partial charge in [0.2, 0.25) is 0 Å². The Morgan fingerprint density at radius 2 is 1.89 bits per heavy atom. The summed E-state index contributed by atoms with van der Waals surface area (Å²) in [5.41, 5.74) is 1.04. The predicted octanol–water partition coefficient (Wildman–Crippen LogP) is 2.80. The van der Waals surface area contributed by atoms with Gasteiger partial charge in [-0.15, -0.1) is 6.58 Å². The zero-order valence-corrected chi connectivity index (χ0v) is 12.4. The Bertz CT molecular complexity index is 411. The normalized spacial score (nSPS) is 14.2. The summed E-state index contributed by atoms with van der Waals surface area (Å²) in [7, 11) is 5.66. The first-order valence-corrected chi connectivity index (χ1v) is 6.53. The number of rotatable bonds is 7. The van der Waals surface area contributed by atoms with Crippen molar-refractivity contribution in [1.82, 2.24) is 4.90 Å². The predicted molar refractivity (Wildman–Crippen MR) is 79.5 cm³/mol. The number of benzene rings is 1. The number of nitrogens with zero attached hydrogens (tertiary/aromatic N) is 1. The van der Waals surface area contributed by atoms with Crippen molar-refractivity contribution in [2.45, 2.75) is 25.4 Å². The molecule has 0 spiro atoms. The standard InChI is InChI=1S/C16H25NO2/c1-13(2)12-16(18,10-11-17(3)4)14-6-8-15(19-5)9-7-14/h6-9,18H,1,10-12H2,2-5H3. The lowest BCUT2D eigenvalue weighted by Gasteiger charge is -2.30. The Hall–Kier alpha value is -1.32. The van der Waals surface area contributed by atoms with Gasteiger partial charge < -0.3 is 14.7 Å². The Morgan fingerprint density at radius 3 is 2.32 bits per heavy atom. The number of ether oxygens (including phenoxy) is 1. The second-order valence-corrected chi connectivity index (χ2v) is 5.45. The van der Waals surface area contributed by atoms with Gasteiger partial charge in [0.25, 0.3) is 0 Å². The molecule has 1 aromatic rings. The summed E-state index contributed by atoms with van der Waals surface area (Å²) in [6, 6.07) is 7.62. The van der Waals surface area contributed by atoms with Crippen LogP contribution in [-0.2, 0) is 5.60 Å². The fourth-order valence-corrected chi connectivity index (χ4v) is 2.14. The summed E-state index contributed by atoms with van der Waals surface area (Å²) in [6.07, 6.45) is 1.26. The highest BCUT2D eigenvalue weighted by Crippen LogP contribution is 2.32. The third-order valence-corrected chi connectivity index (χ3v) is 3.19. The summed E-state index contributed by atoms with van der Waals surface area (Å²) in [6.45, 7) is 6.71. The second kappa shape index (κ2) is 6.73. The van der Waals surface area contributed by atoms with Crippen LogP contribution in [0.15, 0.2) is 36.4 Å². The zero-order valence-electron chi connectivity index (χ0n) is 12.4. The summed E-state index contributed by atoms with van der Waals surface area (Å²) < 4.78 is 5.15. The van der Waals surface area contributed by atoms with E-state index in [1.807, 2.05) is 45.3 Å². The van der Waals surface area contributed by atoms with Crippen molar-refractivity contribution < 1.29 is 9.84 Å². The van der Waals surface area contributed by atoms with Gasteiger partial charge in [0, 0.05) is 13.0 Å². The molecule has 19 heavy (non-hydrogen) atoms. The maximum atomic E-state index is 10.9. The van der Waals surface area contributed by atoms with Crippen LogP contribution in [0, 0.1) is 0 Å². The first-order chi connectivity index (χ1) is 8.87. The summed E-state index contributed by atoms with van der Waals surface area (Å²) in [5, 5.41) is 10.9. The van der Waals surface area contributed by atoms with E-state index < -0.39 is 5.60 Å². The lowest BCUT2D eigenvalue weighted by atomic mass is 9.85. The molecule has 3 nitrogen and oxygen atoms in total. The monoisotopic (exact) mass is 263 g/mol. The van der Waals surface area contributed by atoms with Crippen LogP contribution >= 0.6 is 0 Å². The Kier molecular flexibility index (Phi) is 5.58.